The van der Waals surface area contributed by atoms with Crippen molar-refractivity contribution >= 4 is 27.4 Å². The van der Waals surface area contributed by atoms with Crippen molar-refractivity contribution in [2.24, 2.45) is 5.84 Å². The predicted octanol–water partition coefficient (Wildman–Crippen LogP) is 2.00. The third-order valence-electron chi connectivity index (χ3n) is 3.08. The van der Waals surface area contributed by atoms with Gasteiger partial charge in [0.1, 0.15) is 10.7 Å². The molecule has 0 atom stereocenters. The van der Waals surface area contributed by atoms with Gasteiger partial charge in [-0.1, -0.05) is 6.07 Å². The molecule has 21 heavy (non-hydrogen) atoms. The summed E-state index contributed by atoms with van der Waals surface area (Å²) in [6, 6.07) is 7.88. The number of anilines is 1. The van der Waals surface area contributed by atoms with Crippen LogP contribution in [0.25, 0.3) is 10.2 Å². The maximum absolute atomic E-state index is 5.54. The second kappa shape index (κ2) is 6.13. The van der Waals surface area contributed by atoms with Gasteiger partial charge in [-0.2, -0.15) is 0 Å². The number of hydrazine groups is 1. The Balaban J connectivity index is 1.78. The van der Waals surface area contributed by atoms with Crippen molar-refractivity contribution in [3.8, 4) is 0 Å². The standard InChI is InChI=1S/C14H16N6S/c1-20(8-10-4-2-3-6-16-10)9-12-17-13(19-15)11-5-7-21-14(11)18-12/h2-7H,8-9,15H2,1H3,(H,17,18,19). The highest BCUT2D eigenvalue weighted by atomic mass is 32.1. The first-order valence-electron chi connectivity index (χ1n) is 6.55. The highest BCUT2D eigenvalue weighted by Crippen LogP contribution is 2.24. The number of fused-ring (bicyclic) bond motifs is 1. The van der Waals surface area contributed by atoms with Crippen LogP contribution in [0.15, 0.2) is 35.8 Å². The molecule has 6 nitrogen and oxygen atoms in total. The maximum Gasteiger partial charge on any atom is 0.152 e. The van der Waals surface area contributed by atoms with Gasteiger partial charge in [0.2, 0.25) is 0 Å². The molecule has 3 aromatic rings. The van der Waals surface area contributed by atoms with Gasteiger partial charge in [-0.3, -0.25) is 9.88 Å². The Hall–Kier alpha value is -2.09. The lowest BCUT2D eigenvalue weighted by molar-refractivity contribution is 0.307. The van der Waals surface area contributed by atoms with E-state index in [4.69, 9.17) is 5.84 Å². The summed E-state index contributed by atoms with van der Waals surface area (Å²) in [5.74, 6) is 6.95. The van der Waals surface area contributed by atoms with Crippen molar-refractivity contribution in [2.45, 2.75) is 13.1 Å². The average Bonchev–Trinajstić information content (AvgIpc) is 2.95. The fourth-order valence-corrected chi connectivity index (χ4v) is 2.93. The first kappa shape index (κ1) is 13.9. The number of nitrogens with two attached hydrogens (primary N) is 1. The van der Waals surface area contributed by atoms with E-state index in [1.807, 2.05) is 36.7 Å². The maximum atomic E-state index is 5.54. The summed E-state index contributed by atoms with van der Waals surface area (Å²) in [5, 5.41) is 2.94. The van der Waals surface area contributed by atoms with Crippen LogP contribution < -0.4 is 11.3 Å². The van der Waals surface area contributed by atoms with Crippen molar-refractivity contribution in [2.75, 3.05) is 12.5 Å². The number of nitrogens with one attached hydrogen (secondary N) is 1. The number of hydrogen-bond acceptors (Lipinski definition) is 7. The number of nitrogens with zero attached hydrogens (tertiary/aromatic N) is 4. The summed E-state index contributed by atoms with van der Waals surface area (Å²) in [7, 11) is 2.02. The van der Waals surface area contributed by atoms with Crippen LogP contribution in [0.3, 0.4) is 0 Å². The molecule has 0 bridgehead atoms. The zero-order valence-electron chi connectivity index (χ0n) is 11.7. The number of pyridine rings is 1. The number of thiophene rings is 1. The second-order valence-corrected chi connectivity index (χ2v) is 5.66. The van der Waals surface area contributed by atoms with Gasteiger partial charge in [-0.05, 0) is 30.6 Å². The molecule has 0 radical (unpaired) electrons. The fraction of sp³-hybridized carbons (Fsp3) is 0.214. The van der Waals surface area contributed by atoms with Gasteiger partial charge in [0, 0.05) is 12.7 Å². The van der Waals surface area contributed by atoms with E-state index >= 15 is 0 Å². The summed E-state index contributed by atoms with van der Waals surface area (Å²) in [6.45, 7) is 1.39. The molecule has 0 aliphatic rings. The van der Waals surface area contributed by atoms with E-state index in [0.29, 0.717) is 12.4 Å². The zero-order chi connectivity index (χ0) is 14.7. The molecule has 0 amide bonds. The molecular formula is C14H16N6S. The summed E-state index contributed by atoms with van der Waals surface area (Å²) in [6.07, 6.45) is 1.80. The van der Waals surface area contributed by atoms with E-state index in [1.165, 1.54) is 0 Å². The first-order valence-corrected chi connectivity index (χ1v) is 7.43. The van der Waals surface area contributed by atoms with E-state index in [1.54, 1.807) is 17.5 Å². The SMILES string of the molecule is CN(Cc1ccccn1)Cc1nc(NN)c2ccsc2n1. The van der Waals surface area contributed by atoms with Crippen LogP contribution in [0.5, 0.6) is 0 Å². The predicted molar refractivity (Wildman–Crippen MR) is 84.6 cm³/mol. The Morgan fingerprint density at radius 2 is 2.14 bits per heavy atom. The zero-order valence-corrected chi connectivity index (χ0v) is 12.5. The van der Waals surface area contributed by atoms with Crippen molar-refractivity contribution in [3.05, 3.63) is 47.4 Å². The number of aromatic nitrogens is 3. The molecular weight excluding hydrogens is 284 g/mol. The molecule has 0 saturated heterocycles. The Morgan fingerprint density at radius 3 is 2.90 bits per heavy atom. The lowest BCUT2D eigenvalue weighted by Crippen LogP contribution is -2.20. The van der Waals surface area contributed by atoms with E-state index in [0.717, 1.165) is 28.3 Å². The third kappa shape index (κ3) is 3.15. The van der Waals surface area contributed by atoms with E-state index in [9.17, 15) is 0 Å². The van der Waals surface area contributed by atoms with Crippen LogP contribution in [0.4, 0.5) is 5.82 Å². The number of hydrogen-bond donors (Lipinski definition) is 2. The molecule has 0 aliphatic carbocycles. The number of nitrogen functional groups attached to an aromatic ring is 1. The molecule has 3 aromatic heterocycles. The van der Waals surface area contributed by atoms with Gasteiger partial charge in [-0.25, -0.2) is 15.8 Å². The molecule has 0 unspecified atom stereocenters. The monoisotopic (exact) mass is 300 g/mol. The first-order chi connectivity index (χ1) is 10.3. The van der Waals surface area contributed by atoms with Crippen molar-refractivity contribution in [3.63, 3.8) is 0 Å². The Kier molecular flexibility index (Phi) is 4.05. The third-order valence-corrected chi connectivity index (χ3v) is 3.88. The fourth-order valence-electron chi connectivity index (χ4n) is 2.15. The van der Waals surface area contributed by atoms with Crippen LogP contribution in [-0.2, 0) is 13.1 Å². The van der Waals surface area contributed by atoms with Crippen molar-refractivity contribution in [1.82, 2.24) is 19.9 Å². The number of rotatable bonds is 5. The molecule has 0 spiro atoms. The van der Waals surface area contributed by atoms with Crippen LogP contribution >= 0.6 is 11.3 Å². The topological polar surface area (TPSA) is 80.0 Å². The van der Waals surface area contributed by atoms with Gasteiger partial charge in [0.15, 0.2) is 5.82 Å². The van der Waals surface area contributed by atoms with Gasteiger partial charge in [-0.15, -0.1) is 11.3 Å². The van der Waals surface area contributed by atoms with Crippen LogP contribution in [0, 0.1) is 0 Å². The molecule has 0 saturated carbocycles. The summed E-state index contributed by atoms with van der Waals surface area (Å²) in [5.41, 5.74) is 3.67. The lowest BCUT2D eigenvalue weighted by Gasteiger charge is -2.15. The molecule has 108 valence electrons. The minimum absolute atomic E-state index is 0.638. The van der Waals surface area contributed by atoms with Crippen molar-refractivity contribution in [1.29, 1.82) is 0 Å². The molecule has 3 N–H and O–H groups in total. The van der Waals surface area contributed by atoms with Gasteiger partial charge < -0.3 is 5.43 Å². The molecule has 3 heterocycles. The second-order valence-electron chi connectivity index (χ2n) is 4.77. The molecule has 0 fully saturated rings. The van der Waals surface area contributed by atoms with Crippen LogP contribution in [0.1, 0.15) is 11.5 Å². The largest absolute Gasteiger partial charge is 0.308 e. The smallest absolute Gasteiger partial charge is 0.152 e. The van der Waals surface area contributed by atoms with Crippen molar-refractivity contribution < 1.29 is 0 Å². The van der Waals surface area contributed by atoms with E-state index in [-0.39, 0.29) is 0 Å². The van der Waals surface area contributed by atoms with E-state index in [2.05, 4.69) is 25.3 Å². The molecule has 3 rings (SSSR count). The quantitative estimate of drug-likeness (QED) is 0.554. The van der Waals surface area contributed by atoms with Gasteiger partial charge in [0.25, 0.3) is 0 Å². The normalized spacial score (nSPS) is 11.2. The van der Waals surface area contributed by atoms with Crippen LogP contribution in [-0.4, -0.2) is 26.9 Å². The van der Waals surface area contributed by atoms with Gasteiger partial charge >= 0.3 is 0 Å². The average molecular weight is 300 g/mol. The molecule has 7 heteroatoms. The highest BCUT2D eigenvalue weighted by Gasteiger charge is 2.10. The molecule has 0 aromatic carbocycles. The molecule has 0 aliphatic heterocycles. The Labute approximate surface area is 126 Å². The van der Waals surface area contributed by atoms with E-state index < -0.39 is 0 Å². The minimum atomic E-state index is 0.638. The van der Waals surface area contributed by atoms with Crippen LogP contribution in [0.2, 0.25) is 0 Å². The lowest BCUT2D eigenvalue weighted by atomic mass is 10.3. The van der Waals surface area contributed by atoms with Gasteiger partial charge in [0.05, 0.1) is 17.6 Å². The highest BCUT2D eigenvalue weighted by molar-refractivity contribution is 7.16. The minimum Gasteiger partial charge on any atom is -0.308 e. The summed E-state index contributed by atoms with van der Waals surface area (Å²) in [4.78, 5) is 16.4. The Bertz CT molecular complexity index is 727. The Morgan fingerprint density at radius 1 is 1.24 bits per heavy atom. The summed E-state index contributed by atoms with van der Waals surface area (Å²) < 4.78 is 0. The summed E-state index contributed by atoms with van der Waals surface area (Å²) >= 11 is 1.58.